The number of anilines is 1. The van der Waals surface area contributed by atoms with E-state index in [-0.39, 0.29) is 30.4 Å². The number of amidine groups is 1. The van der Waals surface area contributed by atoms with Gasteiger partial charge in [-0.2, -0.15) is 18.4 Å². The lowest BCUT2D eigenvalue weighted by molar-refractivity contribution is -0.201. The number of aromatic nitrogens is 1. The molecule has 1 aromatic heterocycles. The Morgan fingerprint density at radius 2 is 1.91 bits per heavy atom. The Kier molecular flexibility index (Phi) is 10.6. The van der Waals surface area contributed by atoms with Gasteiger partial charge >= 0.3 is 6.18 Å². The molecule has 4 N–H and O–H groups in total. The van der Waals surface area contributed by atoms with Gasteiger partial charge in [0.2, 0.25) is 0 Å². The Labute approximate surface area is 201 Å². The van der Waals surface area contributed by atoms with Crippen molar-refractivity contribution < 1.29 is 32.9 Å². The summed E-state index contributed by atoms with van der Waals surface area (Å²) in [5, 5.41) is 18.2. The minimum atomic E-state index is -4.81. The number of benzene rings is 1. The topological polar surface area (TPSA) is 125 Å². The number of aryl methyl sites for hydroxylation is 1. The molecule has 1 amide bonds. The van der Waals surface area contributed by atoms with Gasteiger partial charge in [0.05, 0.1) is 5.56 Å². The van der Waals surface area contributed by atoms with Crippen molar-refractivity contribution in [3.05, 3.63) is 58.4 Å². The van der Waals surface area contributed by atoms with Gasteiger partial charge in [0.25, 0.3) is 11.9 Å². The van der Waals surface area contributed by atoms with Crippen LogP contribution >= 0.6 is 0 Å². The van der Waals surface area contributed by atoms with E-state index in [0.717, 1.165) is 12.1 Å². The van der Waals surface area contributed by atoms with Gasteiger partial charge in [0, 0.05) is 19.4 Å². The summed E-state index contributed by atoms with van der Waals surface area (Å²) in [6.45, 7) is 6.93. The van der Waals surface area contributed by atoms with Crippen molar-refractivity contribution in [2.24, 2.45) is 5.73 Å². The van der Waals surface area contributed by atoms with Gasteiger partial charge in [-0.15, -0.1) is 0 Å². The first kappa shape index (κ1) is 29.3. The zero-order valence-corrected chi connectivity index (χ0v) is 19.6. The van der Waals surface area contributed by atoms with Gasteiger partial charge in [-0.05, 0) is 48.9 Å². The number of ether oxygens (including phenoxy) is 1. The summed E-state index contributed by atoms with van der Waals surface area (Å²) >= 11 is 0. The minimum absolute atomic E-state index is 0. The SMILES string of the molecule is CC.Cc1cc(C#N)cnc1C(=O)Nc1cc(F)c(F)c([C@H](C)CC[C@H](OC(=N)N)C(F)(F)F)c1.[HH]. The van der Waals surface area contributed by atoms with Crippen molar-refractivity contribution in [3.63, 3.8) is 0 Å². The molecule has 2 atom stereocenters. The van der Waals surface area contributed by atoms with E-state index >= 15 is 0 Å². The fraction of sp³-hybridized carbons (Fsp3) is 0.391. The third-order valence-corrected chi connectivity index (χ3v) is 4.76. The second-order valence-corrected chi connectivity index (χ2v) is 7.31. The highest BCUT2D eigenvalue weighted by Gasteiger charge is 2.42. The number of nitrogens with two attached hydrogens (primary N) is 1. The van der Waals surface area contributed by atoms with E-state index in [2.05, 4.69) is 15.0 Å². The van der Waals surface area contributed by atoms with E-state index in [1.165, 1.54) is 19.2 Å². The van der Waals surface area contributed by atoms with Crippen LogP contribution in [0.1, 0.15) is 68.1 Å². The van der Waals surface area contributed by atoms with E-state index in [1.54, 1.807) is 6.92 Å². The first-order valence-corrected chi connectivity index (χ1v) is 10.6. The molecule has 0 aliphatic carbocycles. The number of nitrogens with zero attached hydrogens (tertiary/aromatic N) is 2. The molecule has 35 heavy (non-hydrogen) atoms. The molecule has 192 valence electrons. The molecule has 1 heterocycles. The van der Waals surface area contributed by atoms with Gasteiger partial charge in [-0.3, -0.25) is 10.2 Å². The highest BCUT2D eigenvalue weighted by atomic mass is 19.4. The van der Waals surface area contributed by atoms with Crippen LogP contribution in [0.5, 0.6) is 0 Å². The van der Waals surface area contributed by atoms with Crippen LogP contribution in [0.15, 0.2) is 24.4 Å². The number of hydrogen-bond acceptors (Lipinski definition) is 5. The van der Waals surface area contributed by atoms with Crippen LogP contribution in [0.3, 0.4) is 0 Å². The van der Waals surface area contributed by atoms with Crippen molar-refractivity contribution in [1.29, 1.82) is 10.7 Å². The number of pyridine rings is 1. The molecule has 12 heteroatoms. The number of alkyl halides is 3. The van der Waals surface area contributed by atoms with Crippen molar-refractivity contribution in [2.75, 3.05) is 5.32 Å². The molecule has 0 fully saturated rings. The molecule has 0 radical (unpaired) electrons. The maximum absolute atomic E-state index is 14.4. The van der Waals surface area contributed by atoms with Crippen LogP contribution in [0.25, 0.3) is 0 Å². The number of carbonyl (C=O) groups is 1. The molecule has 0 aliphatic heterocycles. The molecule has 7 nitrogen and oxygen atoms in total. The van der Waals surface area contributed by atoms with Crippen LogP contribution in [0.4, 0.5) is 27.6 Å². The third-order valence-electron chi connectivity index (χ3n) is 4.76. The zero-order valence-electron chi connectivity index (χ0n) is 19.6. The van der Waals surface area contributed by atoms with Crippen LogP contribution in [-0.4, -0.2) is 29.2 Å². The molecule has 0 bridgehead atoms. The summed E-state index contributed by atoms with van der Waals surface area (Å²) in [4.78, 5) is 16.4. The van der Waals surface area contributed by atoms with Crippen molar-refractivity contribution in [3.8, 4) is 6.07 Å². The lowest BCUT2D eigenvalue weighted by atomic mass is 9.93. The molecule has 0 saturated carbocycles. The Bertz CT molecular complexity index is 1110. The maximum Gasteiger partial charge on any atom is 0.425 e. The second-order valence-electron chi connectivity index (χ2n) is 7.31. The van der Waals surface area contributed by atoms with Crippen LogP contribution < -0.4 is 11.1 Å². The first-order valence-electron chi connectivity index (χ1n) is 10.6. The lowest BCUT2D eigenvalue weighted by Gasteiger charge is -2.22. The van der Waals surface area contributed by atoms with Gasteiger partial charge in [-0.25, -0.2) is 13.8 Å². The molecular formula is C23H28F5N5O2. The normalized spacial score (nSPS) is 12.5. The number of nitrogens with one attached hydrogen (secondary N) is 2. The number of carbonyl (C=O) groups excluding carboxylic acids is 1. The van der Waals surface area contributed by atoms with E-state index in [4.69, 9.17) is 16.4 Å². The fourth-order valence-corrected chi connectivity index (χ4v) is 3.10. The van der Waals surface area contributed by atoms with Crippen LogP contribution in [-0.2, 0) is 4.74 Å². The standard InChI is InChI=1S/C21H20F5N5O2.C2H6.H2/c1-10(3-4-16(21(24,25)26)33-20(28)29)14-6-13(7-15(22)17(14)23)31-19(32)18-11(2)5-12(8-27)9-30-18;1-2;/h5-7,9-10,16H,3-4H2,1-2H3,(H3,28,29)(H,31,32);1-2H3;1H/t10-,16+;;/m1../s1. The van der Waals surface area contributed by atoms with E-state index in [9.17, 15) is 26.7 Å². The third kappa shape index (κ3) is 8.20. The fourth-order valence-electron chi connectivity index (χ4n) is 3.10. The lowest BCUT2D eigenvalue weighted by Crippen LogP contribution is -2.36. The quantitative estimate of drug-likeness (QED) is 0.252. The van der Waals surface area contributed by atoms with Crippen molar-refractivity contribution in [2.45, 2.75) is 58.7 Å². The molecule has 0 unspecified atom stereocenters. The summed E-state index contributed by atoms with van der Waals surface area (Å²) in [5.74, 6) is -4.20. The number of halogens is 5. The molecule has 2 rings (SSSR count). The number of nitriles is 1. The van der Waals surface area contributed by atoms with Gasteiger partial charge in [-0.1, -0.05) is 20.8 Å². The number of rotatable bonds is 7. The van der Waals surface area contributed by atoms with Crippen molar-refractivity contribution >= 4 is 17.6 Å². The van der Waals surface area contributed by atoms with E-state index in [0.29, 0.717) is 5.56 Å². The number of amides is 1. The Balaban J connectivity index is 0.00000398. The first-order chi connectivity index (χ1) is 16.3. The predicted molar refractivity (Wildman–Crippen MR) is 122 cm³/mol. The largest absolute Gasteiger partial charge is 0.453 e. The summed E-state index contributed by atoms with van der Waals surface area (Å²) in [5.41, 5.74) is 5.08. The predicted octanol–water partition coefficient (Wildman–Crippen LogP) is 5.79. The maximum atomic E-state index is 14.4. The molecule has 2 aromatic rings. The van der Waals surface area contributed by atoms with Gasteiger partial charge in [0.15, 0.2) is 17.7 Å². The average Bonchev–Trinajstić information content (AvgIpc) is 2.78. The van der Waals surface area contributed by atoms with Crippen LogP contribution in [0, 0.1) is 35.3 Å². The summed E-state index contributed by atoms with van der Waals surface area (Å²) in [7, 11) is 0. The molecular weight excluding hydrogens is 473 g/mol. The Morgan fingerprint density at radius 3 is 2.43 bits per heavy atom. The molecule has 0 spiro atoms. The van der Waals surface area contributed by atoms with Gasteiger partial charge < -0.3 is 15.8 Å². The molecule has 0 saturated heterocycles. The molecule has 1 aromatic carbocycles. The monoisotopic (exact) mass is 501 g/mol. The molecule has 0 aliphatic rings. The Morgan fingerprint density at radius 1 is 1.29 bits per heavy atom. The average molecular weight is 502 g/mol. The van der Waals surface area contributed by atoms with Crippen LogP contribution in [0.2, 0.25) is 0 Å². The smallest absolute Gasteiger partial charge is 0.425 e. The van der Waals surface area contributed by atoms with Crippen molar-refractivity contribution in [1.82, 2.24) is 4.98 Å². The summed E-state index contributed by atoms with van der Waals surface area (Å²) < 4.78 is 72.0. The second kappa shape index (κ2) is 12.6. The summed E-state index contributed by atoms with van der Waals surface area (Å²) in [6.07, 6.45) is -6.94. The van der Waals surface area contributed by atoms with E-state index < -0.39 is 48.2 Å². The highest BCUT2D eigenvalue weighted by molar-refractivity contribution is 6.03. The highest BCUT2D eigenvalue weighted by Crippen LogP contribution is 2.32. The zero-order chi connectivity index (χ0) is 26.9. The minimum Gasteiger partial charge on any atom is -0.453 e. The number of hydrogen-bond donors (Lipinski definition) is 3. The summed E-state index contributed by atoms with van der Waals surface area (Å²) in [6, 6.07) is 4.05. The Hall–Kier alpha value is -3.75. The van der Waals surface area contributed by atoms with E-state index in [1.807, 2.05) is 19.9 Å². The van der Waals surface area contributed by atoms with Gasteiger partial charge in [0.1, 0.15) is 11.8 Å².